The number of rotatable bonds is 6. The molecular weight excluding hydrogens is 328 g/mol. The number of aromatic nitrogens is 1. The van der Waals surface area contributed by atoms with Gasteiger partial charge >= 0.3 is 5.97 Å². The van der Waals surface area contributed by atoms with Crippen LogP contribution in [0.2, 0.25) is 0 Å². The predicted molar refractivity (Wildman–Crippen MR) is 91.3 cm³/mol. The quantitative estimate of drug-likeness (QED) is 0.621. The molecule has 0 aliphatic heterocycles. The molecule has 128 valence electrons. The monoisotopic (exact) mass is 348 g/mol. The molecule has 0 bridgehead atoms. The molecule has 0 spiro atoms. The molecule has 0 saturated heterocycles. The summed E-state index contributed by atoms with van der Waals surface area (Å²) in [5, 5.41) is 4.65. The number of esters is 1. The molecule has 2 aromatic rings. The number of thiophene rings is 1. The maximum absolute atomic E-state index is 12.3. The van der Waals surface area contributed by atoms with Crippen molar-refractivity contribution < 1.29 is 19.1 Å². The van der Waals surface area contributed by atoms with Crippen LogP contribution in [0, 0.1) is 13.8 Å². The Bertz CT molecular complexity index is 762. The number of nitrogens with one attached hydrogen (secondary N) is 2. The van der Waals surface area contributed by atoms with Crippen LogP contribution in [0.3, 0.4) is 0 Å². The molecule has 24 heavy (non-hydrogen) atoms. The molecule has 6 nitrogen and oxygen atoms in total. The van der Waals surface area contributed by atoms with E-state index in [0.717, 1.165) is 4.88 Å². The molecule has 0 saturated carbocycles. The van der Waals surface area contributed by atoms with E-state index in [0.29, 0.717) is 23.4 Å². The summed E-state index contributed by atoms with van der Waals surface area (Å²) in [4.78, 5) is 39.8. The number of ether oxygens (including phenoxy) is 1. The molecule has 0 unspecified atom stereocenters. The molecule has 0 radical (unpaired) electrons. The normalized spacial score (nSPS) is 11.8. The third kappa shape index (κ3) is 3.91. The lowest BCUT2D eigenvalue weighted by atomic mass is 10.1. The maximum Gasteiger partial charge on any atom is 0.355 e. The van der Waals surface area contributed by atoms with E-state index in [2.05, 4.69) is 10.3 Å². The fraction of sp³-hybridized carbons (Fsp3) is 0.353. The highest BCUT2D eigenvalue weighted by molar-refractivity contribution is 7.09. The number of carbonyl (C=O) groups excluding carboxylic acids is 3. The average Bonchev–Trinajstić information content (AvgIpc) is 3.12. The summed E-state index contributed by atoms with van der Waals surface area (Å²) in [6, 6.07) is 3.81. The minimum absolute atomic E-state index is 0.123. The molecule has 0 fully saturated rings. The summed E-state index contributed by atoms with van der Waals surface area (Å²) in [6.07, 6.45) is -0.929. The Kier molecular flexibility index (Phi) is 5.56. The highest BCUT2D eigenvalue weighted by atomic mass is 32.1. The molecule has 0 aromatic carbocycles. The molecule has 2 rings (SSSR count). The molecule has 7 heteroatoms. The second-order valence-electron chi connectivity index (χ2n) is 5.53. The van der Waals surface area contributed by atoms with E-state index < -0.39 is 12.1 Å². The van der Waals surface area contributed by atoms with Crippen LogP contribution in [-0.4, -0.2) is 28.7 Å². The van der Waals surface area contributed by atoms with Crippen LogP contribution in [0.1, 0.15) is 50.8 Å². The van der Waals surface area contributed by atoms with Crippen molar-refractivity contribution in [3.63, 3.8) is 0 Å². The summed E-state index contributed by atoms with van der Waals surface area (Å²) in [6.45, 7) is 6.75. The minimum Gasteiger partial charge on any atom is -0.448 e. The topological polar surface area (TPSA) is 88.3 Å². The van der Waals surface area contributed by atoms with Gasteiger partial charge in [0.15, 0.2) is 11.9 Å². The van der Waals surface area contributed by atoms with E-state index in [4.69, 9.17) is 4.74 Å². The molecule has 1 atom stereocenters. The van der Waals surface area contributed by atoms with Gasteiger partial charge in [-0.25, -0.2) is 4.79 Å². The van der Waals surface area contributed by atoms with Crippen molar-refractivity contribution in [2.24, 2.45) is 0 Å². The lowest BCUT2D eigenvalue weighted by Gasteiger charge is -2.13. The highest BCUT2D eigenvalue weighted by Crippen LogP contribution is 2.19. The van der Waals surface area contributed by atoms with Gasteiger partial charge in [-0.15, -0.1) is 11.3 Å². The van der Waals surface area contributed by atoms with Crippen LogP contribution < -0.4 is 5.32 Å². The summed E-state index contributed by atoms with van der Waals surface area (Å²) in [5.74, 6) is -1.15. The van der Waals surface area contributed by atoms with Gasteiger partial charge in [-0.05, 0) is 44.7 Å². The fourth-order valence-corrected chi connectivity index (χ4v) is 3.13. The molecule has 0 aliphatic rings. The number of H-pyrrole nitrogens is 1. The van der Waals surface area contributed by atoms with Gasteiger partial charge in [0, 0.05) is 16.1 Å². The van der Waals surface area contributed by atoms with Crippen molar-refractivity contribution in [1.29, 1.82) is 0 Å². The summed E-state index contributed by atoms with van der Waals surface area (Å²) < 4.78 is 5.21. The number of hydrogen-bond acceptors (Lipinski definition) is 5. The van der Waals surface area contributed by atoms with Crippen molar-refractivity contribution in [2.75, 3.05) is 0 Å². The van der Waals surface area contributed by atoms with Crippen molar-refractivity contribution in [1.82, 2.24) is 10.3 Å². The Balaban J connectivity index is 1.99. The first-order valence-corrected chi connectivity index (χ1v) is 8.40. The second kappa shape index (κ2) is 7.44. The van der Waals surface area contributed by atoms with Crippen molar-refractivity contribution >= 4 is 29.0 Å². The lowest BCUT2D eigenvalue weighted by Crippen LogP contribution is -2.35. The predicted octanol–water partition coefficient (Wildman–Crippen LogP) is 2.76. The fourth-order valence-electron chi connectivity index (χ4n) is 2.49. The first-order chi connectivity index (χ1) is 11.3. The van der Waals surface area contributed by atoms with Crippen molar-refractivity contribution in [2.45, 2.75) is 40.3 Å². The van der Waals surface area contributed by atoms with Crippen molar-refractivity contribution in [3.8, 4) is 0 Å². The second-order valence-corrected chi connectivity index (χ2v) is 6.56. The van der Waals surface area contributed by atoms with Gasteiger partial charge in [0.1, 0.15) is 5.69 Å². The lowest BCUT2D eigenvalue weighted by molar-refractivity contribution is -0.129. The number of carbonyl (C=O) groups is 3. The molecule has 1 amide bonds. The van der Waals surface area contributed by atoms with Crippen LogP contribution in [0.5, 0.6) is 0 Å². The van der Waals surface area contributed by atoms with Gasteiger partial charge in [0.25, 0.3) is 5.91 Å². The molecule has 2 heterocycles. The Morgan fingerprint density at radius 1 is 1.33 bits per heavy atom. The third-order valence-corrected chi connectivity index (χ3v) is 4.54. The van der Waals surface area contributed by atoms with E-state index in [1.807, 2.05) is 17.5 Å². The van der Waals surface area contributed by atoms with Crippen LogP contribution in [-0.2, 0) is 16.1 Å². The molecular formula is C17H20N2O4S. The van der Waals surface area contributed by atoms with E-state index in [-0.39, 0.29) is 17.4 Å². The number of aryl methyl sites for hydroxylation is 1. The Morgan fingerprint density at radius 3 is 2.58 bits per heavy atom. The van der Waals surface area contributed by atoms with E-state index >= 15 is 0 Å². The maximum atomic E-state index is 12.3. The minimum atomic E-state index is -0.929. The van der Waals surface area contributed by atoms with E-state index in [1.54, 1.807) is 13.8 Å². The SMILES string of the molecule is CC(=O)c1c(C)[nH]c(C(=O)O[C@@H](C)C(=O)NCc2cccs2)c1C. The first-order valence-electron chi connectivity index (χ1n) is 7.52. The van der Waals surface area contributed by atoms with Crippen LogP contribution in [0.4, 0.5) is 0 Å². The smallest absolute Gasteiger partial charge is 0.355 e. The zero-order valence-corrected chi connectivity index (χ0v) is 14.9. The number of ketones is 1. The highest BCUT2D eigenvalue weighted by Gasteiger charge is 2.24. The van der Waals surface area contributed by atoms with Crippen LogP contribution in [0.25, 0.3) is 0 Å². The number of hydrogen-bond donors (Lipinski definition) is 2. The van der Waals surface area contributed by atoms with Crippen LogP contribution >= 0.6 is 11.3 Å². The zero-order chi connectivity index (χ0) is 17.9. The van der Waals surface area contributed by atoms with Gasteiger partial charge in [0.2, 0.25) is 0 Å². The molecule has 0 aliphatic carbocycles. The van der Waals surface area contributed by atoms with E-state index in [1.165, 1.54) is 25.2 Å². The van der Waals surface area contributed by atoms with Gasteiger partial charge in [-0.3, -0.25) is 9.59 Å². The molecule has 2 N–H and O–H groups in total. The zero-order valence-electron chi connectivity index (χ0n) is 14.1. The van der Waals surface area contributed by atoms with Gasteiger partial charge < -0.3 is 15.0 Å². The Hall–Kier alpha value is -2.41. The van der Waals surface area contributed by atoms with E-state index in [9.17, 15) is 14.4 Å². The summed E-state index contributed by atoms with van der Waals surface area (Å²) in [5.41, 5.74) is 1.84. The third-order valence-electron chi connectivity index (χ3n) is 3.66. The number of Topliss-reactive ketones (excluding diaryl/α,β-unsaturated/α-hetero) is 1. The van der Waals surface area contributed by atoms with Gasteiger partial charge in [-0.2, -0.15) is 0 Å². The van der Waals surface area contributed by atoms with Gasteiger partial charge in [0.05, 0.1) is 6.54 Å². The standard InChI is InChI=1S/C17H20N2O4S/c1-9-14(11(3)20)10(2)19-15(9)17(22)23-12(4)16(21)18-8-13-6-5-7-24-13/h5-7,12,19H,8H2,1-4H3,(H,18,21)/t12-/m0/s1. The summed E-state index contributed by atoms with van der Waals surface area (Å²) in [7, 11) is 0. The first kappa shape index (κ1) is 17.9. The number of aromatic amines is 1. The molecule has 2 aromatic heterocycles. The average molecular weight is 348 g/mol. The Morgan fingerprint density at radius 2 is 2.04 bits per heavy atom. The Labute approximate surface area is 144 Å². The largest absolute Gasteiger partial charge is 0.448 e. The summed E-state index contributed by atoms with van der Waals surface area (Å²) >= 11 is 1.54. The number of amides is 1. The van der Waals surface area contributed by atoms with Crippen LogP contribution in [0.15, 0.2) is 17.5 Å². The van der Waals surface area contributed by atoms with Crippen molar-refractivity contribution in [3.05, 3.63) is 44.9 Å². The van der Waals surface area contributed by atoms with Gasteiger partial charge in [-0.1, -0.05) is 6.07 Å².